The van der Waals surface area contributed by atoms with Crippen LogP contribution in [0.2, 0.25) is 0 Å². The van der Waals surface area contributed by atoms with E-state index in [2.05, 4.69) is 25.9 Å². The quantitative estimate of drug-likeness (QED) is 0.641. The predicted octanol–water partition coefficient (Wildman–Crippen LogP) is 3.05. The van der Waals surface area contributed by atoms with Gasteiger partial charge in [0.15, 0.2) is 0 Å². The number of hydrogen-bond acceptors (Lipinski definition) is 5. The zero-order chi connectivity index (χ0) is 13.1. The second kappa shape index (κ2) is 5.67. The Morgan fingerprint density at radius 3 is 3.00 bits per heavy atom. The first-order valence-electron chi connectivity index (χ1n) is 5.26. The molecule has 2 heterocycles. The van der Waals surface area contributed by atoms with Crippen LogP contribution in [-0.2, 0) is 9.53 Å². The summed E-state index contributed by atoms with van der Waals surface area (Å²) in [6.07, 6.45) is 3.43. The second-order valence-electron chi connectivity index (χ2n) is 3.61. The molecule has 2 rings (SSSR count). The molecule has 0 aliphatic rings. The molecule has 0 aromatic carbocycles. The Labute approximate surface area is 117 Å². The number of aromatic nitrogens is 2. The second-order valence-corrected chi connectivity index (χ2v) is 5.91. The van der Waals surface area contributed by atoms with Crippen molar-refractivity contribution < 1.29 is 9.53 Å². The lowest BCUT2D eigenvalue weighted by Gasteiger charge is -2.10. The lowest BCUT2D eigenvalue weighted by Crippen LogP contribution is -2.14. The molecule has 0 bridgehead atoms. The Morgan fingerprint density at radius 1 is 1.50 bits per heavy atom. The third-order valence-electron chi connectivity index (χ3n) is 2.34. The highest BCUT2D eigenvalue weighted by molar-refractivity contribution is 9.10. The van der Waals surface area contributed by atoms with Crippen molar-refractivity contribution in [3.05, 3.63) is 29.0 Å². The maximum Gasteiger partial charge on any atom is 0.318 e. The number of halogens is 1. The summed E-state index contributed by atoms with van der Waals surface area (Å²) in [5.74, 6) is -0.248. The summed E-state index contributed by atoms with van der Waals surface area (Å²) in [7, 11) is 1.39. The molecule has 4 nitrogen and oxygen atoms in total. The number of ether oxygens (including phenoxy) is 1. The fourth-order valence-electron chi connectivity index (χ4n) is 1.48. The van der Waals surface area contributed by atoms with E-state index in [1.807, 2.05) is 19.1 Å². The van der Waals surface area contributed by atoms with Crippen molar-refractivity contribution in [2.24, 2.45) is 0 Å². The molecular weight excluding hydrogens is 316 g/mol. The summed E-state index contributed by atoms with van der Waals surface area (Å²) in [6, 6.07) is 3.75. The lowest BCUT2D eigenvalue weighted by molar-refractivity contribution is -0.139. The van der Waals surface area contributed by atoms with Crippen molar-refractivity contribution in [2.45, 2.75) is 17.1 Å². The van der Waals surface area contributed by atoms with Gasteiger partial charge in [0.25, 0.3) is 0 Å². The number of thioether (sulfide) groups is 1. The van der Waals surface area contributed by atoms with Gasteiger partial charge in [0.2, 0.25) is 0 Å². The largest absolute Gasteiger partial charge is 0.468 e. The molecule has 94 valence electrons. The van der Waals surface area contributed by atoms with Gasteiger partial charge in [-0.2, -0.15) is 0 Å². The van der Waals surface area contributed by atoms with Gasteiger partial charge in [-0.1, -0.05) is 0 Å². The van der Waals surface area contributed by atoms with Gasteiger partial charge in [-0.25, -0.2) is 0 Å². The van der Waals surface area contributed by atoms with Crippen LogP contribution in [-0.4, -0.2) is 28.3 Å². The minimum atomic E-state index is -0.272. The molecule has 1 atom stereocenters. The minimum absolute atomic E-state index is 0.248. The molecule has 2 aromatic rings. The van der Waals surface area contributed by atoms with E-state index in [-0.39, 0.29) is 11.2 Å². The van der Waals surface area contributed by atoms with Crippen LogP contribution in [0.25, 0.3) is 11.0 Å². The minimum Gasteiger partial charge on any atom is -0.468 e. The SMILES string of the molecule is COC(=O)[C@H](C)Sc1ccnc2cc(Br)cnc12. The first kappa shape index (κ1) is 13.3. The van der Waals surface area contributed by atoms with Crippen LogP contribution in [0, 0.1) is 0 Å². The molecule has 0 aliphatic carbocycles. The van der Waals surface area contributed by atoms with Gasteiger partial charge in [0, 0.05) is 21.8 Å². The van der Waals surface area contributed by atoms with Crippen molar-refractivity contribution in [3.63, 3.8) is 0 Å². The van der Waals surface area contributed by atoms with Gasteiger partial charge in [0.05, 0.1) is 12.6 Å². The maximum atomic E-state index is 11.4. The summed E-state index contributed by atoms with van der Waals surface area (Å²) in [5.41, 5.74) is 1.59. The molecule has 0 unspecified atom stereocenters. The van der Waals surface area contributed by atoms with Crippen molar-refractivity contribution in [1.29, 1.82) is 0 Å². The molecule has 0 amide bonds. The summed E-state index contributed by atoms with van der Waals surface area (Å²) < 4.78 is 5.59. The molecule has 0 N–H and O–H groups in total. The Hall–Kier alpha value is -1.14. The predicted molar refractivity (Wildman–Crippen MR) is 74.6 cm³/mol. The van der Waals surface area contributed by atoms with Crippen LogP contribution < -0.4 is 0 Å². The lowest BCUT2D eigenvalue weighted by atomic mass is 10.3. The molecule has 2 aromatic heterocycles. The molecular formula is C12H11BrN2O2S. The highest BCUT2D eigenvalue weighted by atomic mass is 79.9. The number of pyridine rings is 2. The summed E-state index contributed by atoms with van der Waals surface area (Å²) >= 11 is 4.78. The molecule has 0 saturated carbocycles. The number of carbonyl (C=O) groups excluding carboxylic acids is 1. The number of carbonyl (C=O) groups is 1. The summed E-state index contributed by atoms with van der Waals surface area (Å²) in [5, 5.41) is -0.272. The van der Waals surface area contributed by atoms with Crippen LogP contribution >= 0.6 is 27.7 Å². The van der Waals surface area contributed by atoms with Crippen LogP contribution in [0.1, 0.15) is 6.92 Å². The van der Waals surface area contributed by atoms with E-state index >= 15 is 0 Å². The van der Waals surface area contributed by atoms with Crippen LogP contribution in [0.5, 0.6) is 0 Å². The average molecular weight is 327 g/mol. The van der Waals surface area contributed by atoms with Crippen LogP contribution in [0.3, 0.4) is 0 Å². The Morgan fingerprint density at radius 2 is 2.28 bits per heavy atom. The van der Waals surface area contributed by atoms with E-state index in [1.165, 1.54) is 18.9 Å². The van der Waals surface area contributed by atoms with Crippen molar-refractivity contribution >= 4 is 44.7 Å². The molecule has 18 heavy (non-hydrogen) atoms. The van der Waals surface area contributed by atoms with Gasteiger partial charge in [0.1, 0.15) is 10.8 Å². The van der Waals surface area contributed by atoms with Gasteiger partial charge in [-0.3, -0.25) is 14.8 Å². The zero-order valence-corrected chi connectivity index (χ0v) is 12.3. The normalized spacial score (nSPS) is 12.4. The highest BCUT2D eigenvalue weighted by Gasteiger charge is 2.16. The number of fused-ring (bicyclic) bond motifs is 1. The smallest absolute Gasteiger partial charge is 0.318 e. The van der Waals surface area contributed by atoms with Gasteiger partial charge in [-0.05, 0) is 35.0 Å². The average Bonchev–Trinajstić information content (AvgIpc) is 2.37. The molecule has 0 aliphatic heterocycles. The summed E-state index contributed by atoms with van der Waals surface area (Å²) in [6.45, 7) is 1.81. The fraction of sp³-hybridized carbons (Fsp3) is 0.250. The standard InChI is InChI=1S/C12H11BrN2O2S/c1-7(12(16)17-2)18-10-3-4-14-9-5-8(13)6-15-11(9)10/h3-7H,1-2H3/t7-/m0/s1. The fourth-order valence-corrected chi connectivity index (χ4v) is 2.78. The van der Waals surface area contributed by atoms with E-state index < -0.39 is 0 Å². The maximum absolute atomic E-state index is 11.4. The summed E-state index contributed by atoms with van der Waals surface area (Å²) in [4.78, 5) is 20.9. The first-order valence-corrected chi connectivity index (χ1v) is 6.94. The number of nitrogens with zero attached hydrogens (tertiary/aromatic N) is 2. The zero-order valence-electron chi connectivity index (χ0n) is 9.88. The van der Waals surface area contributed by atoms with Crippen molar-refractivity contribution in [1.82, 2.24) is 9.97 Å². The Kier molecular flexibility index (Phi) is 4.19. The Balaban J connectivity index is 2.36. The van der Waals surface area contributed by atoms with E-state index in [1.54, 1.807) is 12.4 Å². The van der Waals surface area contributed by atoms with Gasteiger partial charge < -0.3 is 4.74 Å². The number of methoxy groups -OCH3 is 1. The molecule has 0 saturated heterocycles. The van der Waals surface area contributed by atoms with Gasteiger partial charge >= 0.3 is 5.97 Å². The van der Waals surface area contributed by atoms with Crippen molar-refractivity contribution in [3.8, 4) is 0 Å². The third-order valence-corrected chi connectivity index (χ3v) is 3.91. The van der Waals surface area contributed by atoms with Crippen LogP contribution in [0.4, 0.5) is 0 Å². The van der Waals surface area contributed by atoms with Crippen LogP contribution in [0.15, 0.2) is 33.9 Å². The van der Waals surface area contributed by atoms with E-state index in [0.717, 1.165) is 20.4 Å². The highest BCUT2D eigenvalue weighted by Crippen LogP contribution is 2.29. The molecule has 0 radical (unpaired) electrons. The molecule has 0 spiro atoms. The Bertz CT molecular complexity index is 591. The van der Waals surface area contributed by atoms with E-state index in [4.69, 9.17) is 4.74 Å². The topological polar surface area (TPSA) is 52.1 Å². The molecule has 0 fully saturated rings. The van der Waals surface area contributed by atoms with E-state index in [9.17, 15) is 4.79 Å². The molecule has 6 heteroatoms. The monoisotopic (exact) mass is 326 g/mol. The first-order chi connectivity index (χ1) is 8.61. The van der Waals surface area contributed by atoms with E-state index in [0.29, 0.717) is 0 Å². The van der Waals surface area contributed by atoms with Gasteiger partial charge in [-0.15, -0.1) is 11.8 Å². The third kappa shape index (κ3) is 2.81. The van der Waals surface area contributed by atoms with Crippen molar-refractivity contribution in [2.75, 3.05) is 7.11 Å². The number of hydrogen-bond donors (Lipinski definition) is 0. The number of esters is 1. The number of rotatable bonds is 3.